The molecule has 0 heterocycles. The number of carbonyl (C=O) groups excluding carboxylic acids is 2. The molecule has 0 radical (unpaired) electrons. The number of rotatable bonds is 14. The van der Waals surface area contributed by atoms with E-state index in [9.17, 15) is 18.0 Å². The van der Waals surface area contributed by atoms with E-state index in [1.165, 1.54) is 4.31 Å². The van der Waals surface area contributed by atoms with Crippen LogP contribution < -0.4 is 9.62 Å². The average Bonchev–Trinajstić information content (AvgIpc) is 2.86. The highest BCUT2D eigenvalue weighted by Crippen LogP contribution is 2.28. The van der Waals surface area contributed by atoms with E-state index >= 15 is 0 Å². The van der Waals surface area contributed by atoms with Crippen LogP contribution in [-0.2, 0) is 26.0 Å². The summed E-state index contributed by atoms with van der Waals surface area (Å²) in [5, 5.41) is 3.49. The van der Waals surface area contributed by atoms with Crippen molar-refractivity contribution in [3.8, 4) is 0 Å². The number of benzene rings is 2. The van der Waals surface area contributed by atoms with Crippen LogP contribution in [0.3, 0.4) is 0 Å². The SMILES string of the molecule is CC[C@@H](C)NC(=O)[C@H](CC)N(CCc1ccccc1)C(=O)CCCN(c1cccc(Cl)c1C)S(C)(=O)=O. The van der Waals surface area contributed by atoms with Crippen molar-refractivity contribution in [1.29, 1.82) is 0 Å². The maximum atomic E-state index is 13.5. The number of sulfonamides is 1. The van der Waals surface area contributed by atoms with Crippen LogP contribution in [0.25, 0.3) is 0 Å². The lowest BCUT2D eigenvalue weighted by atomic mass is 10.1. The van der Waals surface area contributed by atoms with Gasteiger partial charge in [0.15, 0.2) is 0 Å². The molecule has 2 amide bonds. The number of carbonyl (C=O) groups is 2. The molecule has 0 aliphatic rings. The van der Waals surface area contributed by atoms with Crippen LogP contribution in [0.15, 0.2) is 48.5 Å². The van der Waals surface area contributed by atoms with Gasteiger partial charge in [0.05, 0.1) is 11.9 Å². The van der Waals surface area contributed by atoms with Crippen LogP contribution in [0.4, 0.5) is 5.69 Å². The lowest BCUT2D eigenvalue weighted by Gasteiger charge is -2.32. The van der Waals surface area contributed by atoms with Crippen LogP contribution >= 0.6 is 11.6 Å². The Hall–Kier alpha value is -2.58. The Morgan fingerprint density at radius 3 is 2.27 bits per heavy atom. The molecule has 2 aromatic carbocycles. The number of anilines is 1. The van der Waals surface area contributed by atoms with E-state index in [2.05, 4.69) is 5.32 Å². The minimum atomic E-state index is -3.59. The Bertz CT molecular complexity index is 1140. The summed E-state index contributed by atoms with van der Waals surface area (Å²) in [5.41, 5.74) is 2.25. The van der Waals surface area contributed by atoms with Gasteiger partial charge in [-0.1, -0.05) is 61.8 Å². The molecule has 0 aliphatic heterocycles. The predicted molar refractivity (Wildman–Crippen MR) is 151 cm³/mol. The first-order valence-corrected chi connectivity index (χ1v) is 15.1. The van der Waals surface area contributed by atoms with Gasteiger partial charge in [0.25, 0.3) is 0 Å². The van der Waals surface area contributed by atoms with Crippen molar-refractivity contribution >= 4 is 39.1 Å². The zero-order valence-electron chi connectivity index (χ0n) is 22.5. The van der Waals surface area contributed by atoms with Gasteiger partial charge in [-0.3, -0.25) is 13.9 Å². The van der Waals surface area contributed by atoms with Crippen molar-refractivity contribution in [2.24, 2.45) is 0 Å². The molecular weight excluding hydrogens is 510 g/mol. The molecule has 0 fully saturated rings. The number of amides is 2. The first-order valence-electron chi connectivity index (χ1n) is 12.9. The standard InChI is InChI=1S/C28H40ClN3O4S/c1-6-21(3)30-28(34)25(7-2)31(20-18-23-13-9-8-10-14-23)27(33)17-12-19-32(37(5,35)36)26-16-11-15-24(29)22(26)4/h8-11,13-16,21,25H,6-7,12,17-20H2,1-5H3,(H,30,34)/t21-,25+/m1/s1. The van der Waals surface area contributed by atoms with Crippen LogP contribution in [0.2, 0.25) is 5.02 Å². The quantitative estimate of drug-likeness (QED) is 0.361. The number of hydrogen-bond donors (Lipinski definition) is 1. The third-order valence-electron chi connectivity index (χ3n) is 6.53. The fourth-order valence-electron chi connectivity index (χ4n) is 4.19. The molecule has 2 atom stereocenters. The van der Waals surface area contributed by atoms with E-state index in [1.807, 2.05) is 51.1 Å². The summed E-state index contributed by atoms with van der Waals surface area (Å²) in [6.07, 6.45) is 3.48. The maximum absolute atomic E-state index is 13.5. The lowest BCUT2D eigenvalue weighted by molar-refractivity contribution is -0.141. The Kier molecular flexibility index (Phi) is 11.9. The first-order chi connectivity index (χ1) is 17.5. The Morgan fingerprint density at radius 2 is 1.68 bits per heavy atom. The zero-order chi connectivity index (χ0) is 27.6. The Morgan fingerprint density at radius 1 is 1.00 bits per heavy atom. The van der Waals surface area contributed by atoms with Crippen LogP contribution in [0.1, 0.15) is 57.6 Å². The van der Waals surface area contributed by atoms with Gasteiger partial charge < -0.3 is 10.2 Å². The average molecular weight is 550 g/mol. The molecule has 0 unspecified atom stereocenters. The number of hydrogen-bond acceptors (Lipinski definition) is 4. The second-order valence-corrected chi connectivity index (χ2v) is 11.7. The van der Waals surface area contributed by atoms with Gasteiger partial charge in [-0.2, -0.15) is 0 Å². The fourth-order valence-corrected chi connectivity index (χ4v) is 5.37. The smallest absolute Gasteiger partial charge is 0.243 e. The third kappa shape index (κ3) is 9.04. The fraction of sp³-hybridized carbons (Fsp3) is 0.500. The van der Waals surface area contributed by atoms with E-state index in [0.717, 1.165) is 18.2 Å². The van der Waals surface area contributed by atoms with Gasteiger partial charge >= 0.3 is 0 Å². The summed E-state index contributed by atoms with van der Waals surface area (Å²) >= 11 is 6.23. The van der Waals surface area contributed by atoms with Crippen molar-refractivity contribution in [3.63, 3.8) is 0 Å². The van der Waals surface area contributed by atoms with E-state index < -0.39 is 16.1 Å². The van der Waals surface area contributed by atoms with Crippen molar-refractivity contribution in [1.82, 2.24) is 10.2 Å². The summed E-state index contributed by atoms with van der Waals surface area (Å²) < 4.78 is 26.4. The molecular formula is C28H40ClN3O4S. The number of nitrogens with one attached hydrogen (secondary N) is 1. The molecule has 2 rings (SSSR count). The molecule has 204 valence electrons. The third-order valence-corrected chi connectivity index (χ3v) is 8.12. The summed E-state index contributed by atoms with van der Waals surface area (Å²) in [4.78, 5) is 28.2. The Labute approximate surface area is 227 Å². The second kappa shape index (κ2) is 14.4. The molecule has 0 bridgehead atoms. The molecule has 0 saturated carbocycles. The highest BCUT2D eigenvalue weighted by Gasteiger charge is 2.29. The maximum Gasteiger partial charge on any atom is 0.243 e. The molecule has 0 saturated heterocycles. The highest BCUT2D eigenvalue weighted by atomic mass is 35.5. The van der Waals surface area contributed by atoms with Crippen LogP contribution in [0, 0.1) is 6.92 Å². The summed E-state index contributed by atoms with van der Waals surface area (Å²) in [5.74, 6) is -0.330. The van der Waals surface area contributed by atoms with Crippen molar-refractivity contribution in [2.45, 2.75) is 71.9 Å². The highest BCUT2D eigenvalue weighted by molar-refractivity contribution is 7.92. The van der Waals surface area contributed by atoms with E-state index in [-0.39, 0.29) is 30.8 Å². The molecule has 2 aromatic rings. The van der Waals surface area contributed by atoms with Crippen molar-refractivity contribution < 1.29 is 18.0 Å². The molecule has 0 aromatic heterocycles. The largest absolute Gasteiger partial charge is 0.352 e. The molecule has 0 spiro atoms. The van der Waals surface area contributed by atoms with Crippen LogP contribution in [-0.4, -0.2) is 56.6 Å². The monoisotopic (exact) mass is 549 g/mol. The van der Waals surface area contributed by atoms with E-state index in [1.54, 1.807) is 30.0 Å². The second-order valence-electron chi connectivity index (χ2n) is 9.39. The van der Waals surface area contributed by atoms with Gasteiger partial charge in [-0.15, -0.1) is 0 Å². The Balaban J connectivity index is 2.20. The molecule has 0 aliphatic carbocycles. The van der Waals surface area contributed by atoms with Gasteiger partial charge in [0.1, 0.15) is 6.04 Å². The van der Waals surface area contributed by atoms with E-state index in [4.69, 9.17) is 11.6 Å². The van der Waals surface area contributed by atoms with Gasteiger partial charge in [0, 0.05) is 30.6 Å². The summed E-state index contributed by atoms with van der Waals surface area (Å²) in [6.45, 7) is 8.15. The normalized spacial score (nSPS) is 13.0. The molecule has 7 nitrogen and oxygen atoms in total. The first kappa shape index (κ1) is 30.6. The minimum Gasteiger partial charge on any atom is -0.352 e. The summed E-state index contributed by atoms with van der Waals surface area (Å²) in [6, 6.07) is 14.4. The molecule has 9 heteroatoms. The minimum absolute atomic E-state index is 0.0110. The number of halogens is 1. The molecule has 1 N–H and O–H groups in total. The van der Waals surface area contributed by atoms with Gasteiger partial charge in [-0.05, 0) is 62.8 Å². The number of nitrogens with zero attached hydrogens (tertiary/aromatic N) is 2. The topological polar surface area (TPSA) is 86.8 Å². The lowest BCUT2D eigenvalue weighted by Crippen LogP contribution is -2.51. The van der Waals surface area contributed by atoms with Crippen molar-refractivity contribution in [3.05, 3.63) is 64.7 Å². The summed E-state index contributed by atoms with van der Waals surface area (Å²) in [7, 11) is -3.59. The predicted octanol–water partition coefficient (Wildman–Crippen LogP) is 4.96. The van der Waals surface area contributed by atoms with Crippen LogP contribution in [0.5, 0.6) is 0 Å². The van der Waals surface area contributed by atoms with Gasteiger partial charge in [0.2, 0.25) is 21.8 Å². The van der Waals surface area contributed by atoms with E-state index in [0.29, 0.717) is 42.1 Å². The molecule has 37 heavy (non-hydrogen) atoms. The zero-order valence-corrected chi connectivity index (χ0v) is 24.1. The van der Waals surface area contributed by atoms with Gasteiger partial charge in [-0.25, -0.2) is 8.42 Å². The van der Waals surface area contributed by atoms with Crippen molar-refractivity contribution in [2.75, 3.05) is 23.7 Å².